The van der Waals surface area contributed by atoms with Crippen LogP contribution in [0.1, 0.15) is 96.0 Å². The average Bonchev–Trinajstić information content (AvgIpc) is 2.96. The predicted octanol–water partition coefficient (Wildman–Crippen LogP) is 2.49. The van der Waals surface area contributed by atoms with Gasteiger partial charge in [-0.05, 0) is 37.7 Å². The lowest BCUT2D eigenvalue weighted by atomic mass is 10.0. The number of hydrogen-bond donors (Lipinski definition) is 3. The number of nitrogens with zero attached hydrogens (tertiary/aromatic N) is 2. The highest BCUT2D eigenvalue weighted by Gasteiger charge is 2.29. The molecule has 0 radical (unpaired) electrons. The number of nitrogens with one attached hydrogen (secondary N) is 1. The summed E-state index contributed by atoms with van der Waals surface area (Å²) >= 11 is 0. The van der Waals surface area contributed by atoms with Gasteiger partial charge in [-0.3, -0.25) is 21.3 Å². The largest absolute Gasteiger partial charge is 0.542 e. The Morgan fingerprint density at radius 2 is 1.43 bits per heavy atom. The molecule has 0 bridgehead atoms. The lowest BCUT2D eigenvalue weighted by Gasteiger charge is -2.38. The zero-order valence-electron chi connectivity index (χ0n) is 25.3. The Morgan fingerprint density at radius 1 is 0.929 bits per heavy atom. The Morgan fingerprint density at radius 3 is 1.90 bits per heavy atom. The van der Waals surface area contributed by atoms with Crippen molar-refractivity contribution in [2.75, 3.05) is 32.7 Å². The van der Waals surface area contributed by atoms with Crippen molar-refractivity contribution >= 4 is 17.8 Å². The van der Waals surface area contributed by atoms with E-state index in [4.69, 9.17) is 21.4 Å². The Bertz CT molecular complexity index is 888. The fraction of sp³-hybridized carbons (Fsp3) is 0.710. The van der Waals surface area contributed by atoms with Crippen molar-refractivity contribution in [2.45, 2.75) is 109 Å². The topological polar surface area (TPSA) is 130 Å². The van der Waals surface area contributed by atoms with Crippen LogP contribution in [-0.4, -0.2) is 72.6 Å². The van der Waals surface area contributed by atoms with Crippen molar-refractivity contribution < 1.29 is 32.9 Å². The van der Waals surface area contributed by atoms with Gasteiger partial charge in [-0.15, -0.1) is 0 Å². The number of guanidine groups is 1. The van der Waals surface area contributed by atoms with Gasteiger partial charge in [0.05, 0.1) is 6.54 Å². The first-order valence-electron chi connectivity index (χ1n) is 15.5. The minimum Gasteiger partial charge on any atom is -0.542 e. The summed E-state index contributed by atoms with van der Waals surface area (Å²) < 4.78 is 31.5. The van der Waals surface area contributed by atoms with Crippen LogP contribution < -0.4 is 21.6 Å². The summed E-state index contributed by atoms with van der Waals surface area (Å²) in [7, 11) is 0. The van der Waals surface area contributed by atoms with Crippen molar-refractivity contribution in [1.29, 1.82) is 0 Å². The van der Waals surface area contributed by atoms with Crippen LogP contribution in [0.15, 0.2) is 30.3 Å². The predicted molar refractivity (Wildman–Crippen MR) is 158 cm³/mol. The lowest BCUT2D eigenvalue weighted by molar-refractivity contribution is -0.459. The van der Waals surface area contributed by atoms with Gasteiger partial charge in [0.25, 0.3) is 0 Å². The van der Waals surface area contributed by atoms with Crippen LogP contribution in [0.3, 0.4) is 0 Å². The van der Waals surface area contributed by atoms with E-state index in [1.54, 1.807) is 0 Å². The molecule has 5 N–H and O–H groups in total. The maximum Gasteiger partial charge on any atom is 0.430 e. The number of rotatable bonds is 18. The van der Waals surface area contributed by atoms with E-state index in [1.807, 2.05) is 6.92 Å². The molecule has 1 aromatic carbocycles. The molecule has 0 aliphatic carbocycles. The van der Waals surface area contributed by atoms with Crippen LogP contribution in [0.2, 0.25) is 0 Å². The molecule has 240 valence electrons. The third-order valence-corrected chi connectivity index (χ3v) is 7.57. The third-order valence-electron chi connectivity index (χ3n) is 7.57. The quantitative estimate of drug-likeness (QED) is 0.135. The maximum atomic E-state index is 12.7. The zero-order chi connectivity index (χ0) is 31.2. The van der Waals surface area contributed by atoms with Crippen LogP contribution in [0.5, 0.6) is 0 Å². The summed E-state index contributed by atoms with van der Waals surface area (Å²) in [6.07, 6.45) is 11.5. The van der Waals surface area contributed by atoms with Crippen molar-refractivity contribution in [1.82, 2.24) is 9.80 Å². The van der Waals surface area contributed by atoms with E-state index in [-0.39, 0.29) is 0 Å². The lowest BCUT2D eigenvalue weighted by Crippen LogP contribution is -2.78. The first-order chi connectivity index (χ1) is 20.0. The molecule has 0 saturated carbocycles. The Balaban J connectivity index is 0.00000112. The van der Waals surface area contributed by atoms with Crippen LogP contribution in [0.25, 0.3) is 0 Å². The number of piperidine rings is 1. The second-order valence-corrected chi connectivity index (χ2v) is 11.0. The fourth-order valence-electron chi connectivity index (χ4n) is 5.15. The summed E-state index contributed by atoms with van der Waals surface area (Å²) in [6, 6.07) is 11.2. The number of halogens is 3. The van der Waals surface area contributed by atoms with Crippen molar-refractivity contribution in [3.63, 3.8) is 0 Å². The maximum absolute atomic E-state index is 12.7. The van der Waals surface area contributed by atoms with Crippen LogP contribution in [0.4, 0.5) is 13.2 Å². The number of nitrogens with two attached hydrogens (primary N) is 2. The van der Waals surface area contributed by atoms with E-state index in [9.17, 15) is 18.0 Å². The van der Waals surface area contributed by atoms with E-state index in [2.05, 4.69) is 45.1 Å². The molecule has 1 heterocycles. The summed E-state index contributed by atoms with van der Waals surface area (Å²) in [5, 5.41) is 8.78. The molecule has 1 fully saturated rings. The number of carbonyl (C=O) groups excluding carboxylic acids is 2. The molecule has 0 unspecified atom stereocenters. The van der Waals surface area contributed by atoms with Crippen LogP contribution >= 0.6 is 0 Å². The number of carboxylic acid groups (broad SMARTS) is 1. The number of alkyl halides is 3. The Hall–Kier alpha value is -2.82. The molecule has 8 nitrogen and oxygen atoms in total. The molecule has 0 aromatic heterocycles. The van der Waals surface area contributed by atoms with Gasteiger partial charge in [0.15, 0.2) is 0 Å². The van der Waals surface area contributed by atoms with Gasteiger partial charge in [0.2, 0.25) is 5.91 Å². The molecule has 1 amide bonds. The molecule has 1 aliphatic heterocycles. The van der Waals surface area contributed by atoms with Gasteiger partial charge >= 0.3 is 12.1 Å². The van der Waals surface area contributed by atoms with Gasteiger partial charge in [-0.2, -0.15) is 13.2 Å². The first-order valence-corrected chi connectivity index (χ1v) is 15.5. The summed E-state index contributed by atoms with van der Waals surface area (Å²) in [4.78, 5) is 29.2. The number of aliphatic carboxylic acids is 1. The number of hydrogen-bond acceptors (Lipinski definition) is 4. The molecular weight excluding hydrogens is 547 g/mol. The highest BCUT2D eigenvalue weighted by atomic mass is 19.4. The molecule has 1 aromatic rings. The van der Waals surface area contributed by atoms with E-state index in [1.165, 1.54) is 56.9 Å². The Kier molecular flexibility index (Phi) is 19.3. The van der Waals surface area contributed by atoms with Gasteiger partial charge < -0.3 is 19.7 Å². The standard InChI is InChI=1S/C29H51N5O.C2HF3O2/c1-2-28(35)34(22-15-10-8-6-4-3-5-7-9-14-21-32-29(30)31)27-19-24-33(25-20-27)23-18-26-16-12-11-13-17-26;3-2(4,5)1(6)7/h11-13,16-17,27H,2-10,14-15,18-25H2,1H3,(H4,30,31,32);(H,6,7). The van der Waals surface area contributed by atoms with E-state index in [0.717, 1.165) is 64.8 Å². The molecule has 11 heteroatoms. The van der Waals surface area contributed by atoms with E-state index >= 15 is 0 Å². The van der Waals surface area contributed by atoms with E-state index in [0.29, 0.717) is 24.3 Å². The number of carboxylic acids is 1. The number of carbonyl (C=O) groups is 2. The number of likely N-dealkylation sites (tertiary alicyclic amines) is 1. The molecule has 1 aliphatic rings. The minimum absolute atomic E-state index is 0.326. The number of benzene rings is 1. The SMILES string of the molecule is CCC(=O)N(CCCCCCCCCCCC[NH+]=C(N)N)C1CCN(CCc2ccccc2)CC1.O=C([O-])C(F)(F)F. The molecule has 0 spiro atoms. The van der Waals surface area contributed by atoms with Gasteiger partial charge in [0.1, 0.15) is 5.97 Å². The third kappa shape index (κ3) is 17.9. The molecule has 42 heavy (non-hydrogen) atoms. The summed E-state index contributed by atoms with van der Waals surface area (Å²) in [5.41, 5.74) is 12.2. The highest BCUT2D eigenvalue weighted by molar-refractivity contribution is 5.76. The number of unbranched alkanes of at least 4 members (excludes halogenated alkanes) is 9. The molecular formula is C31H52F3N5O3. The number of amides is 1. The summed E-state index contributed by atoms with van der Waals surface area (Å²) in [6.45, 7) is 7.18. The van der Waals surface area contributed by atoms with Gasteiger partial charge in [-0.25, -0.2) is 0 Å². The van der Waals surface area contributed by atoms with Crippen molar-refractivity contribution in [3.05, 3.63) is 35.9 Å². The second kappa shape index (κ2) is 21.8. The van der Waals surface area contributed by atoms with E-state index < -0.39 is 12.1 Å². The molecule has 1 saturated heterocycles. The fourth-order valence-corrected chi connectivity index (χ4v) is 5.15. The molecule has 0 atom stereocenters. The van der Waals surface area contributed by atoms with Crippen molar-refractivity contribution in [2.24, 2.45) is 11.5 Å². The van der Waals surface area contributed by atoms with Gasteiger partial charge in [-0.1, -0.05) is 88.6 Å². The first kappa shape index (κ1) is 37.2. The zero-order valence-corrected chi connectivity index (χ0v) is 25.3. The smallest absolute Gasteiger partial charge is 0.430 e. The van der Waals surface area contributed by atoms with Crippen LogP contribution in [0, 0.1) is 0 Å². The summed E-state index contributed by atoms with van der Waals surface area (Å²) in [5.74, 6) is -2.34. The van der Waals surface area contributed by atoms with Crippen LogP contribution in [-0.2, 0) is 16.0 Å². The monoisotopic (exact) mass is 599 g/mol. The minimum atomic E-state index is -5.19. The Labute approximate surface area is 249 Å². The highest BCUT2D eigenvalue weighted by Crippen LogP contribution is 2.20. The van der Waals surface area contributed by atoms with Crippen molar-refractivity contribution in [3.8, 4) is 0 Å². The average molecular weight is 600 g/mol. The second-order valence-electron chi connectivity index (χ2n) is 11.0. The normalized spacial score (nSPS) is 14.1. The molecule has 2 rings (SSSR count). The van der Waals surface area contributed by atoms with Gasteiger partial charge in [0, 0.05) is 38.6 Å².